The summed E-state index contributed by atoms with van der Waals surface area (Å²) in [4.78, 5) is 0. The molecule has 0 saturated carbocycles. The molecule has 0 bridgehead atoms. The molecule has 0 N–H and O–H groups in total. The summed E-state index contributed by atoms with van der Waals surface area (Å²) in [6.07, 6.45) is 10.3. The van der Waals surface area contributed by atoms with Gasteiger partial charge in [0.15, 0.2) is 0 Å². The van der Waals surface area contributed by atoms with Crippen molar-refractivity contribution in [2.24, 2.45) is 5.92 Å². The molecule has 20 heavy (non-hydrogen) atoms. The molecule has 0 nitrogen and oxygen atoms in total. The number of halogens is 1. The summed E-state index contributed by atoms with van der Waals surface area (Å²) in [5, 5.41) is 0. The third-order valence-corrected chi connectivity index (χ3v) is 3.74. The van der Waals surface area contributed by atoms with Gasteiger partial charge in [-0.15, -0.1) is 0 Å². The Hall–Kier alpha value is -1.11. The number of allylic oxidation sites excluding steroid dienone is 7. The second-order valence-electron chi connectivity index (χ2n) is 5.60. The summed E-state index contributed by atoms with van der Waals surface area (Å²) in [7, 11) is 0. The minimum atomic E-state index is -0.0878. The maximum atomic E-state index is 14.5. The summed E-state index contributed by atoms with van der Waals surface area (Å²) in [6, 6.07) is 0. The zero-order chi connectivity index (χ0) is 15.5. The minimum absolute atomic E-state index is 0.0878. The normalized spacial score (nSPS) is 15.4. The average molecular weight is 278 g/mol. The number of rotatable bonds is 9. The first kappa shape index (κ1) is 18.9. The molecule has 0 spiro atoms. The highest BCUT2D eigenvalue weighted by Crippen LogP contribution is 2.28. The van der Waals surface area contributed by atoms with Crippen LogP contribution in [0, 0.1) is 5.92 Å². The number of hydrogen-bond donors (Lipinski definition) is 0. The van der Waals surface area contributed by atoms with Gasteiger partial charge in [-0.1, -0.05) is 51.5 Å². The van der Waals surface area contributed by atoms with Crippen molar-refractivity contribution in [2.45, 2.75) is 66.7 Å². The van der Waals surface area contributed by atoms with E-state index in [4.69, 9.17) is 0 Å². The van der Waals surface area contributed by atoms with Crippen molar-refractivity contribution in [3.8, 4) is 0 Å². The molecule has 0 aliphatic heterocycles. The molecule has 0 radical (unpaired) electrons. The Labute approximate surface area is 125 Å². The molecule has 0 aliphatic carbocycles. The molecule has 0 saturated heterocycles. The molecular weight excluding hydrogens is 247 g/mol. The van der Waals surface area contributed by atoms with E-state index in [0.29, 0.717) is 5.92 Å². The Bertz CT molecular complexity index is 383. The Kier molecular flexibility index (Phi) is 10.1. The van der Waals surface area contributed by atoms with E-state index >= 15 is 0 Å². The fourth-order valence-corrected chi connectivity index (χ4v) is 1.88. The van der Waals surface area contributed by atoms with E-state index in [-0.39, 0.29) is 5.83 Å². The molecule has 0 aromatic heterocycles. The Morgan fingerprint density at radius 2 is 1.95 bits per heavy atom. The highest BCUT2D eigenvalue weighted by molar-refractivity contribution is 5.36. The molecule has 0 aromatic carbocycles. The summed E-state index contributed by atoms with van der Waals surface area (Å²) < 4.78 is 14.5. The molecule has 0 fully saturated rings. The third-order valence-electron chi connectivity index (χ3n) is 3.74. The Morgan fingerprint density at radius 3 is 2.45 bits per heavy atom. The van der Waals surface area contributed by atoms with Crippen LogP contribution in [0.3, 0.4) is 0 Å². The van der Waals surface area contributed by atoms with Crippen LogP contribution in [0.5, 0.6) is 0 Å². The van der Waals surface area contributed by atoms with Gasteiger partial charge in [0, 0.05) is 0 Å². The molecule has 0 aromatic rings. The van der Waals surface area contributed by atoms with Gasteiger partial charge >= 0.3 is 0 Å². The van der Waals surface area contributed by atoms with Gasteiger partial charge in [0.2, 0.25) is 0 Å². The molecule has 0 rings (SSSR count). The molecule has 114 valence electrons. The summed E-state index contributed by atoms with van der Waals surface area (Å²) in [6.45, 7) is 14.5. The zero-order valence-corrected chi connectivity index (χ0v) is 13.9. The van der Waals surface area contributed by atoms with Gasteiger partial charge in [-0.05, 0) is 62.7 Å². The topological polar surface area (TPSA) is 0 Å². The lowest BCUT2D eigenvalue weighted by Crippen LogP contribution is -2.00. The standard InChI is InChI=1S/C19H31F/c1-7-10-11-12-17(6)18(13-15(4)8-2)19(20)14-16(5)9-3/h7,10,14-15H,6,8-9,11-13H2,1-5H3/b10-7-,16-14-,19-18-. The maximum Gasteiger partial charge on any atom is 0.126 e. The highest BCUT2D eigenvalue weighted by atomic mass is 19.1. The van der Waals surface area contributed by atoms with Crippen LogP contribution in [0.25, 0.3) is 0 Å². The van der Waals surface area contributed by atoms with E-state index < -0.39 is 0 Å². The predicted octanol–water partition coefficient (Wildman–Crippen LogP) is 6.92. The van der Waals surface area contributed by atoms with Crippen molar-refractivity contribution in [3.63, 3.8) is 0 Å². The van der Waals surface area contributed by atoms with E-state index in [1.807, 2.05) is 26.8 Å². The first-order valence-electron chi connectivity index (χ1n) is 7.81. The molecule has 1 unspecified atom stereocenters. The molecule has 1 atom stereocenters. The lowest BCUT2D eigenvalue weighted by atomic mass is 9.91. The van der Waals surface area contributed by atoms with Gasteiger partial charge < -0.3 is 0 Å². The second kappa shape index (κ2) is 10.7. The summed E-state index contributed by atoms with van der Waals surface area (Å²) >= 11 is 0. The fraction of sp³-hybridized carbons (Fsp3) is 0.579. The van der Waals surface area contributed by atoms with Gasteiger partial charge in [0.1, 0.15) is 5.83 Å². The quantitative estimate of drug-likeness (QED) is 0.317. The van der Waals surface area contributed by atoms with Gasteiger partial charge in [-0.2, -0.15) is 0 Å². The van der Waals surface area contributed by atoms with Gasteiger partial charge in [-0.25, -0.2) is 4.39 Å². The van der Waals surface area contributed by atoms with E-state index in [0.717, 1.165) is 48.8 Å². The summed E-state index contributed by atoms with van der Waals surface area (Å²) in [5.41, 5.74) is 2.84. The first-order chi connectivity index (χ1) is 9.46. The SMILES string of the molecule is C=C(CC/C=C\C)/C(CC(C)CC)=C(F)/C=C(/C)CC. The zero-order valence-electron chi connectivity index (χ0n) is 13.9. The molecular formula is C19H31F. The van der Waals surface area contributed by atoms with E-state index in [9.17, 15) is 4.39 Å². The van der Waals surface area contributed by atoms with E-state index in [1.54, 1.807) is 6.08 Å². The smallest absolute Gasteiger partial charge is 0.126 e. The van der Waals surface area contributed by atoms with Crippen LogP contribution < -0.4 is 0 Å². The Balaban J connectivity index is 5.15. The van der Waals surface area contributed by atoms with Crippen molar-refractivity contribution in [2.75, 3.05) is 0 Å². The fourth-order valence-electron chi connectivity index (χ4n) is 1.88. The Morgan fingerprint density at radius 1 is 1.30 bits per heavy atom. The minimum Gasteiger partial charge on any atom is -0.207 e. The van der Waals surface area contributed by atoms with Crippen LogP contribution in [-0.2, 0) is 0 Å². The van der Waals surface area contributed by atoms with E-state index in [1.165, 1.54) is 0 Å². The molecule has 0 heterocycles. The predicted molar refractivity (Wildman–Crippen MR) is 89.4 cm³/mol. The van der Waals surface area contributed by atoms with Crippen LogP contribution in [0.15, 0.2) is 47.4 Å². The van der Waals surface area contributed by atoms with Crippen molar-refractivity contribution in [3.05, 3.63) is 47.4 Å². The maximum absolute atomic E-state index is 14.5. The van der Waals surface area contributed by atoms with E-state index in [2.05, 4.69) is 26.5 Å². The molecule has 0 aliphatic rings. The summed E-state index contributed by atoms with van der Waals surface area (Å²) in [5.74, 6) is 0.402. The van der Waals surface area contributed by atoms with Crippen LogP contribution >= 0.6 is 0 Å². The van der Waals surface area contributed by atoms with Crippen molar-refractivity contribution >= 4 is 0 Å². The number of hydrogen-bond acceptors (Lipinski definition) is 0. The lowest BCUT2D eigenvalue weighted by Gasteiger charge is -2.15. The lowest BCUT2D eigenvalue weighted by molar-refractivity contribution is 0.540. The second-order valence-corrected chi connectivity index (χ2v) is 5.60. The average Bonchev–Trinajstić information content (AvgIpc) is 2.43. The van der Waals surface area contributed by atoms with Crippen molar-refractivity contribution < 1.29 is 4.39 Å². The largest absolute Gasteiger partial charge is 0.207 e. The first-order valence-corrected chi connectivity index (χ1v) is 7.81. The highest BCUT2D eigenvalue weighted by Gasteiger charge is 2.12. The van der Waals surface area contributed by atoms with Crippen LogP contribution in [-0.4, -0.2) is 0 Å². The third kappa shape index (κ3) is 7.47. The van der Waals surface area contributed by atoms with Crippen LogP contribution in [0.2, 0.25) is 0 Å². The van der Waals surface area contributed by atoms with Crippen molar-refractivity contribution in [1.29, 1.82) is 0 Å². The van der Waals surface area contributed by atoms with Gasteiger partial charge in [0.25, 0.3) is 0 Å². The van der Waals surface area contributed by atoms with Gasteiger partial charge in [0.05, 0.1) is 0 Å². The monoisotopic (exact) mass is 278 g/mol. The molecule has 0 amide bonds. The van der Waals surface area contributed by atoms with Gasteiger partial charge in [-0.3, -0.25) is 0 Å². The van der Waals surface area contributed by atoms with Crippen molar-refractivity contribution in [1.82, 2.24) is 0 Å². The van der Waals surface area contributed by atoms with Crippen LogP contribution in [0.4, 0.5) is 4.39 Å². The van der Waals surface area contributed by atoms with Crippen LogP contribution in [0.1, 0.15) is 66.7 Å². The molecule has 1 heteroatoms.